The van der Waals surface area contributed by atoms with Gasteiger partial charge in [0.2, 0.25) is 15.9 Å². The Hall–Kier alpha value is -2.92. The van der Waals surface area contributed by atoms with Crippen molar-refractivity contribution < 1.29 is 13.2 Å². The van der Waals surface area contributed by atoms with Crippen molar-refractivity contribution in [2.45, 2.75) is 13.0 Å². The van der Waals surface area contributed by atoms with Gasteiger partial charge in [0.25, 0.3) is 0 Å². The highest BCUT2D eigenvalue weighted by atomic mass is 32.2. The van der Waals surface area contributed by atoms with Gasteiger partial charge < -0.3 is 5.32 Å². The van der Waals surface area contributed by atoms with Crippen LogP contribution in [0.2, 0.25) is 0 Å². The number of amides is 1. The predicted octanol–water partition coefficient (Wildman–Crippen LogP) is 1.43. The van der Waals surface area contributed by atoms with Crippen LogP contribution in [0.25, 0.3) is 0 Å². The second-order valence-corrected chi connectivity index (χ2v) is 7.25. The molecule has 0 atom stereocenters. The van der Waals surface area contributed by atoms with Gasteiger partial charge in [0, 0.05) is 19.2 Å². The van der Waals surface area contributed by atoms with Gasteiger partial charge in [-0.25, -0.2) is 8.42 Å². The molecule has 1 N–H and O–H groups in total. The molecule has 0 aliphatic heterocycles. The molecule has 1 amide bonds. The lowest BCUT2D eigenvalue weighted by atomic mass is 10.2. The summed E-state index contributed by atoms with van der Waals surface area (Å²) in [4.78, 5) is 16.1. The minimum atomic E-state index is -3.54. The second kappa shape index (κ2) is 8.26. The van der Waals surface area contributed by atoms with E-state index in [9.17, 15) is 13.2 Å². The normalized spacial score (nSPS) is 10.7. The number of benzene rings is 1. The van der Waals surface area contributed by atoms with Crippen LogP contribution in [0.5, 0.6) is 0 Å². The first-order valence-electron chi connectivity index (χ1n) is 7.54. The van der Waals surface area contributed by atoms with Crippen molar-refractivity contribution in [3.63, 3.8) is 0 Å². The topological polar surface area (TPSA) is 103 Å². The first-order chi connectivity index (χ1) is 11.9. The Morgan fingerprint density at radius 3 is 2.52 bits per heavy atom. The molecule has 130 valence electrons. The number of anilines is 1. The van der Waals surface area contributed by atoms with E-state index in [-0.39, 0.29) is 25.4 Å². The number of sulfonamides is 1. The van der Waals surface area contributed by atoms with Crippen molar-refractivity contribution in [2.24, 2.45) is 0 Å². The third-order valence-corrected chi connectivity index (χ3v) is 4.61. The largest absolute Gasteiger partial charge is 0.350 e. The number of nitrogens with one attached hydrogen (secondary N) is 1. The summed E-state index contributed by atoms with van der Waals surface area (Å²) in [6.45, 7) is 0.300. The van der Waals surface area contributed by atoms with Crippen LogP contribution in [-0.2, 0) is 21.4 Å². The van der Waals surface area contributed by atoms with Crippen LogP contribution in [0.4, 0.5) is 5.69 Å². The van der Waals surface area contributed by atoms with Crippen LogP contribution in [0.1, 0.15) is 17.7 Å². The number of rotatable bonds is 7. The van der Waals surface area contributed by atoms with Crippen molar-refractivity contribution in [2.75, 3.05) is 17.1 Å². The average Bonchev–Trinajstić information content (AvgIpc) is 2.60. The Morgan fingerprint density at radius 2 is 1.96 bits per heavy atom. The molecule has 0 fully saturated rings. The van der Waals surface area contributed by atoms with Gasteiger partial charge in [-0.15, -0.1) is 0 Å². The fourth-order valence-corrected chi connectivity index (χ4v) is 3.10. The highest BCUT2D eigenvalue weighted by Crippen LogP contribution is 2.18. The molecule has 8 heteroatoms. The fraction of sp³-hybridized carbons (Fsp3) is 0.235. The number of aromatic nitrogens is 1. The predicted molar refractivity (Wildman–Crippen MR) is 94.0 cm³/mol. The molecule has 0 saturated heterocycles. The Morgan fingerprint density at radius 1 is 1.24 bits per heavy atom. The highest BCUT2D eigenvalue weighted by molar-refractivity contribution is 7.92. The summed E-state index contributed by atoms with van der Waals surface area (Å²) in [5.74, 6) is -0.270. The van der Waals surface area contributed by atoms with Crippen LogP contribution in [-0.4, -0.2) is 32.1 Å². The number of carbonyl (C=O) groups is 1. The van der Waals surface area contributed by atoms with Gasteiger partial charge in [-0.2, -0.15) is 5.26 Å². The maximum absolute atomic E-state index is 12.0. The summed E-state index contributed by atoms with van der Waals surface area (Å²) in [6.07, 6.45) is 2.73. The van der Waals surface area contributed by atoms with Gasteiger partial charge in [-0.1, -0.05) is 6.07 Å². The van der Waals surface area contributed by atoms with E-state index in [0.717, 1.165) is 16.3 Å². The lowest BCUT2D eigenvalue weighted by Gasteiger charge is -2.22. The van der Waals surface area contributed by atoms with E-state index in [2.05, 4.69) is 10.3 Å². The Labute approximate surface area is 147 Å². The Kier molecular flexibility index (Phi) is 6.08. The lowest BCUT2D eigenvalue weighted by molar-refractivity contribution is -0.121. The van der Waals surface area contributed by atoms with Crippen molar-refractivity contribution in [3.05, 3.63) is 59.9 Å². The molecule has 1 aromatic heterocycles. The third-order valence-electron chi connectivity index (χ3n) is 3.42. The first-order valence-corrected chi connectivity index (χ1v) is 9.39. The number of hydrogen-bond acceptors (Lipinski definition) is 5. The quantitative estimate of drug-likeness (QED) is 0.806. The SMILES string of the molecule is CS(=O)(=O)N(CCC(=O)NCc1ccccn1)c1ccc(C#N)cc1. The van der Waals surface area contributed by atoms with Crippen LogP contribution in [0.15, 0.2) is 48.7 Å². The van der Waals surface area contributed by atoms with Crippen molar-refractivity contribution in [3.8, 4) is 6.07 Å². The van der Waals surface area contributed by atoms with Crippen LogP contribution in [0.3, 0.4) is 0 Å². The van der Waals surface area contributed by atoms with Crippen molar-refractivity contribution in [1.29, 1.82) is 5.26 Å². The second-order valence-electron chi connectivity index (χ2n) is 5.34. The molecule has 0 radical (unpaired) electrons. The van der Waals surface area contributed by atoms with Crippen molar-refractivity contribution in [1.82, 2.24) is 10.3 Å². The number of nitrogens with zero attached hydrogens (tertiary/aromatic N) is 3. The van der Waals surface area contributed by atoms with E-state index in [0.29, 0.717) is 11.3 Å². The summed E-state index contributed by atoms with van der Waals surface area (Å²) in [5, 5.41) is 11.5. The van der Waals surface area contributed by atoms with Gasteiger partial charge in [0.1, 0.15) is 0 Å². The zero-order chi connectivity index (χ0) is 18.3. The number of nitriles is 1. The first kappa shape index (κ1) is 18.4. The molecule has 1 heterocycles. The van der Waals surface area contributed by atoms with Crippen LogP contribution >= 0.6 is 0 Å². The minimum absolute atomic E-state index is 0.0127. The minimum Gasteiger partial charge on any atom is -0.350 e. The molecule has 0 unspecified atom stereocenters. The van der Waals surface area contributed by atoms with Crippen molar-refractivity contribution >= 4 is 21.6 Å². The summed E-state index contributed by atoms with van der Waals surface area (Å²) < 4.78 is 25.1. The van der Waals surface area contributed by atoms with E-state index in [4.69, 9.17) is 5.26 Å². The molecule has 0 spiro atoms. The summed E-state index contributed by atoms with van der Waals surface area (Å²) in [6, 6.07) is 13.5. The molecule has 0 aliphatic carbocycles. The maximum atomic E-state index is 12.0. The van der Waals surface area contributed by atoms with Crippen LogP contribution < -0.4 is 9.62 Å². The van der Waals surface area contributed by atoms with Gasteiger partial charge in [0.15, 0.2) is 0 Å². The van der Waals surface area contributed by atoms with E-state index in [1.54, 1.807) is 30.5 Å². The molecule has 2 rings (SSSR count). The maximum Gasteiger partial charge on any atom is 0.232 e. The molecule has 2 aromatic rings. The highest BCUT2D eigenvalue weighted by Gasteiger charge is 2.18. The monoisotopic (exact) mass is 358 g/mol. The molecular formula is C17H18N4O3S. The molecule has 7 nitrogen and oxygen atoms in total. The molecule has 0 aliphatic rings. The molecule has 0 saturated carbocycles. The smallest absolute Gasteiger partial charge is 0.232 e. The molecular weight excluding hydrogens is 340 g/mol. The number of hydrogen-bond donors (Lipinski definition) is 1. The van der Waals surface area contributed by atoms with Gasteiger partial charge in [-0.3, -0.25) is 14.1 Å². The third kappa shape index (κ3) is 5.58. The zero-order valence-electron chi connectivity index (χ0n) is 13.7. The number of pyridine rings is 1. The number of carbonyl (C=O) groups excluding carboxylic acids is 1. The zero-order valence-corrected chi connectivity index (χ0v) is 14.5. The summed E-state index contributed by atoms with van der Waals surface area (Å²) >= 11 is 0. The van der Waals surface area contributed by atoms with Gasteiger partial charge >= 0.3 is 0 Å². The standard InChI is InChI=1S/C17H18N4O3S/c1-25(23,24)21(16-7-5-14(12-18)6-8-16)11-9-17(22)20-13-15-4-2-3-10-19-15/h2-8,10H,9,11,13H2,1H3,(H,20,22). The summed E-state index contributed by atoms with van der Waals surface area (Å²) in [7, 11) is -3.54. The van der Waals surface area contributed by atoms with E-state index in [1.165, 1.54) is 12.1 Å². The van der Waals surface area contributed by atoms with Gasteiger partial charge in [0.05, 0.1) is 35.8 Å². The van der Waals surface area contributed by atoms with Crippen LogP contribution in [0, 0.1) is 11.3 Å². The Bertz CT molecular complexity index is 859. The average molecular weight is 358 g/mol. The summed E-state index contributed by atoms with van der Waals surface area (Å²) in [5.41, 5.74) is 1.58. The van der Waals surface area contributed by atoms with E-state index < -0.39 is 10.0 Å². The fourth-order valence-electron chi connectivity index (χ4n) is 2.17. The van der Waals surface area contributed by atoms with E-state index >= 15 is 0 Å². The molecule has 1 aromatic carbocycles. The molecule has 25 heavy (non-hydrogen) atoms. The Balaban J connectivity index is 1.98. The van der Waals surface area contributed by atoms with Gasteiger partial charge in [-0.05, 0) is 36.4 Å². The molecule has 0 bridgehead atoms. The lowest BCUT2D eigenvalue weighted by Crippen LogP contribution is -2.34. The van der Waals surface area contributed by atoms with E-state index in [1.807, 2.05) is 12.1 Å².